The minimum absolute atomic E-state index is 0.0961. The fourth-order valence-corrected chi connectivity index (χ4v) is 2.23. The second kappa shape index (κ2) is 7.64. The molecule has 126 valence electrons. The van der Waals surface area contributed by atoms with Gasteiger partial charge < -0.3 is 14.8 Å². The summed E-state index contributed by atoms with van der Waals surface area (Å²) in [7, 11) is 0. The van der Waals surface area contributed by atoms with Crippen LogP contribution < -0.4 is 14.8 Å². The Bertz CT molecular complexity index is 768. The quantitative estimate of drug-likeness (QED) is 0.674. The maximum absolute atomic E-state index is 12.0. The molecule has 0 aliphatic heterocycles. The van der Waals surface area contributed by atoms with Crippen LogP contribution >= 0.6 is 0 Å². The third kappa shape index (κ3) is 4.84. The third-order valence-electron chi connectivity index (χ3n) is 3.53. The standard InChI is InChI=1S/C19H21NO4/c1-12-8-14(3)18(9-13(12)2)23-11-19(22)20-16-6-5-7-17(10-16)24-15(4)21/h5-10H,11H2,1-4H3,(H,20,22). The van der Waals surface area contributed by atoms with Crippen LogP contribution in [0.5, 0.6) is 11.5 Å². The summed E-state index contributed by atoms with van der Waals surface area (Å²) in [6.07, 6.45) is 0. The van der Waals surface area contributed by atoms with Crippen LogP contribution in [0.4, 0.5) is 5.69 Å². The summed E-state index contributed by atoms with van der Waals surface area (Å²) in [4.78, 5) is 23.0. The SMILES string of the molecule is CC(=O)Oc1cccc(NC(=O)COc2cc(C)c(C)cc2C)c1. The van der Waals surface area contributed by atoms with E-state index >= 15 is 0 Å². The lowest BCUT2D eigenvalue weighted by molar-refractivity contribution is -0.131. The average Bonchev–Trinajstić information content (AvgIpc) is 2.49. The number of hydrogen-bond acceptors (Lipinski definition) is 4. The summed E-state index contributed by atoms with van der Waals surface area (Å²) in [5.74, 6) is 0.382. The molecule has 0 saturated carbocycles. The molecular formula is C19H21NO4. The van der Waals surface area contributed by atoms with Gasteiger partial charge in [-0.2, -0.15) is 0 Å². The van der Waals surface area contributed by atoms with Crippen LogP contribution in [-0.4, -0.2) is 18.5 Å². The normalized spacial score (nSPS) is 10.2. The number of carbonyl (C=O) groups excluding carboxylic acids is 2. The van der Waals surface area contributed by atoms with Crippen molar-refractivity contribution < 1.29 is 19.1 Å². The van der Waals surface area contributed by atoms with Crippen LogP contribution in [0.1, 0.15) is 23.6 Å². The van der Waals surface area contributed by atoms with E-state index in [0.717, 1.165) is 11.1 Å². The van der Waals surface area contributed by atoms with Crippen LogP contribution in [0.25, 0.3) is 0 Å². The highest BCUT2D eigenvalue weighted by atomic mass is 16.5. The van der Waals surface area contributed by atoms with Gasteiger partial charge >= 0.3 is 5.97 Å². The van der Waals surface area contributed by atoms with Crippen molar-refractivity contribution >= 4 is 17.6 Å². The molecule has 0 aliphatic rings. The summed E-state index contributed by atoms with van der Waals surface area (Å²) in [6.45, 7) is 7.21. The van der Waals surface area contributed by atoms with Crippen LogP contribution in [0.15, 0.2) is 36.4 Å². The van der Waals surface area contributed by atoms with Gasteiger partial charge in [0.05, 0.1) is 0 Å². The number of nitrogens with one attached hydrogen (secondary N) is 1. The first-order valence-electron chi connectivity index (χ1n) is 7.64. The second-order valence-corrected chi connectivity index (χ2v) is 5.66. The molecule has 0 spiro atoms. The van der Waals surface area contributed by atoms with Crippen molar-refractivity contribution in [3.05, 3.63) is 53.1 Å². The minimum atomic E-state index is -0.410. The molecule has 2 rings (SSSR count). The van der Waals surface area contributed by atoms with Gasteiger partial charge in [0.15, 0.2) is 6.61 Å². The number of esters is 1. The van der Waals surface area contributed by atoms with E-state index in [4.69, 9.17) is 9.47 Å². The Labute approximate surface area is 141 Å². The lowest BCUT2D eigenvalue weighted by Crippen LogP contribution is -2.20. The van der Waals surface area contributed by atoms with Gasteiger partial charge in [-0.05, 0) is 55.7 Å². The Hall–Kier alpha value is -2.82. The predicted molar refractivity (Wildman–Crippen MR) is 92.5 cm³/mol. The van der Waals surface area contributed by atoms with Gasteiger partial charge in [-0.3, -0.25) is 9.59 Å². The van der Waals surface area contributed by atoms with E-state index in [9.17, 15) is 9.59 Å². The molecule has 24 heavy (non-hydrogen) atoms. The molecule has 1 amide bonds. The highest BCUT2D eigenvalue weighted by molar-refractivity contribution is 5.92. The Morgan fingerprint density at radius 3 is 2.42 bits per heavy atom. The highest BCUT2D eigenvalue weighted by Gasteiger charge is 2.08. The molecule has 0 saturated heterocycles. The third-order valence-corrected chi connectivity index (χ3v) is 3.53. The molecule has 0 bridgehead atoms. The number of anilines is 1. The number of amides is 1. The average molecular weight is 327 g/mol. The summed E-state index contributed by atoms with van der Waals surface area (Å²) < 4.78 is 10.6. The molecular weight excluding hydrogens is 306 g/mol. The molecule has 2 aromatic carbocycles. The number of hydrogen-bond donors (Lipinski definition) is 1. The van der Waals surface area contributed by atoms with Crippen molar-refractivity contribution in [2.45, 2.75) is 27.7 Å². The summed E-state index contributed by atoms with van der Waals surface area (Å²) in [5, 5.41) is 2.72. The van der Waals surface area contributed by atoms with Crippen LogP contribution in [0, 0.1) is 20.8 Å². The number of carbonyl (C=O) groups is 2. The van der Waals surface area contributed by atoms with E-state index in [1.807, 2.05) is 32.9 Å². The summed E-state index contributed by atoms with van der Waals surface area (Å²) in [6, 6.07) is 10.6. The van der Waals surface area contributed by atoms with Gasteiger partial charge in [-0.15, -0.1) is 0 Å². The predicted octanol–water partition coefficient (Wildman–Crippen LogP) is 3.55. The molecule has 0 radical (unpaired) electrons. The Morgan fingerprint density at radius 2 is 1.71 bits per heavy atom. The molecule has 2 aromatic rings. The van der Waals surface area contributed by atoms with Crippen molar-refractivity contribution in [3.8, 4) is 11.5 Å². The van der Waals surface area contributed by atoms with E-state index < -0.39 is 5.97 Å². The number of ether oxygens (including phenoxy) is 2. The van der Waals surface area contributed by atoms with Crippen molar-refractivity contribution in [2.75, 3.05) is 11.9 Å². The van der Waals surface area contributed by atoms with E-state index in [-0.39, 0.29) is 12.5 Å². The van der Waals surface area contributed by atoms with Gasteiger partial charge in [0.1, 0.15) is 11.5 Å². The fraction of sp³-hybridized carbons (Fsp3) is 0.263. The second-order valence-electron chi connectivity index (χ2n) is 5.66. The lowest BCUT2D eigenvalue weighted by Gasteiger charge is -2.12. The van der Waals surface area contributed by atoms with E-state index in [0.29, 0.717) is 17.2 Å². The number of aryl methyl sites for hydroxylation is 3. The maximum atomic E-state index is 12.0. The van der Waals surface area contributed by atoms with Crippen molar-refractivity contribution in [1.29, 1.82) is 0 Å². The van der Waals surface area contributed by atoms with E-state index in [2.05, 4.69) is 5.32 Å². The van der Waals surface area contributed by atoms with Gasteiger partial charge in [0.2, 0.25) is 0 Å². The number of benzene rings is 2. The first kappa shape index (κ1) is 17.5. The molecule has 0 aliphatic carbocycles. The molecule has 1 N–H and O–H groups in total. The zero-order valence-corrected chi connectivity index (χ0v) is 14.3. The van der Waals surface area contributed by atoms with E-state index in [1.165, 1.54) is 12.5 Å². The smallest absolute Gasteiger partial charge is 0.308 e. The Morgan fingerprint density at radius 1 is 1.00 bits per heavy atom. The van der Waals surface area contributed by atoms with Crippen LogP contribution in [0.3, 0.4) is 0 Å². The first-order chi connectivity index (χ1) is 11.3. The molecule has 0 unspecified atom stereocenters. The molecule has 0 heterocycles. The van der Waals surface area contributed by atoms with Crippen LogP contribution in [-0.2, 0) is 9.59 Å². The Balaban J connectivity index is 1.96. The zero-order chi connectivity index (χ0) is 17.7. The van der Waals surface area contributed by atoms with Crippen molar-refractivity contribution in [1.82, 2.24) is 0 Å². The molecule has 0 atom stereocenters. The van der Waals surface area contributed by atoms with Gasteiger partial charge in [0.25, 0.3) is 5.91 Å². The van der Waals surface area contributed by atoms with Crippen molar-refractivity contribution in [3.63, 3.8) is 0 Å². The van der Waals surface area contributed by atoms with E-state index in [1.54, 1.807) is 24.3 Å². The summed E-state index contributed by atoms with van der Waals surface area (Å²) >= 11 is 0. The number of rotatable bonds is 5. The van der Waals surface area contributed by atoms with Crippen molar-refractivity contribution in [2.24, 2.45) is 0 Å². The molecule has 0 fully saturated rings. The largest absolute Gasteiger partial charge is 0.483 e. The summed E-state index contributed by atoms with van der Waals surface area (Å²) in [5.41, 5.74) is 3.83. The molecule has 5 nitrogen and oxygen atoms in total. The highest BCUT2D eigenvalue weighted by Crippen LogP contribution is 2.22. The maximum Gasteiger partial charge on any atom is 0.308 e. The molecule has 0 aromatic heterocycles. The van der Waals surface area contributed by atoms with Gasteiger partial charge in [-0.1, -0.05) is 12.1 Å². The minimum Gasteiger partial charge on any atom is -0.483 e. The topological polar surface area (TPSA) is 64.6 Å². The monoisotopic (exact) mass is 327 g/mol. The fourth-order valence-electron chi connectivity index (χ4n) is 2.23. The molecule has 5 heteroatoms. The van der Waals surface area contributed by atoms with Crippen LogP contribution in [0.2, 0.25) is 0 Å². The first-order valence-corrected chi connectivity index (χ1v) is 7.64. The lowest BCUT2D eigenvalue weighted by atomic mass is 10.1. The zero-order valence-electron chi connectivity index (χ0n) is 14.3. The van der Waals surface area contributed by atoms with Gasteiger partial charge in [-0.25, -0.2) is 0 Å². The Kier molecular flexibility index (Phi) is 5.58. The van der Waals surface area contributed by atoms with Gasteiger partial charge in [0, 0.05) is 18.7 Å².